The molecule has 0 unspecified atom stereocenters. The van der Waals surface area contributed by atoms with E-state index in [1.807, 2.05) is 87.8 Å². The van der Waals surface area contributed by atoms with Crippen LogP contribution < -0.4 is 0 Å². The lowest BCUT2D eigenvalue weighted by molar-refractivity contribution is 0.307. The van der Waals surface area contributed by atoms with Gasteiger partial charge in [-0.25, -0.2) is 38.9 Å². The lowest BCUT2D eigenvalue weighted by atomic mass is 10.7. The zero-order valence-corrected chi connectivity index (χ0v) is 61.8. The summed E-state index contributed by atoms with van der Waals surface area (Å²) in [4.78, 5) is 30.8. The number of thiophene rings is 1. The summed E-state index contributed by atoms with van der Waals surface area (Å²) in [6.45, 7) is 0. The van der Waals surface area contributed by atoms with E-state index in [0.29, 0.717) is 0 Å². The zero-order valence-electron chi connectivity index (χ0n) is 56.1. The number of aromatic amines is 8. The summed E-state index contributed by atoms with van der Waals surface area (Å²) >= 11 is 10.2. The standard InChI is InChI=1S/C4H5N.C4H4O.C4H4S.2C3H4N2.2C3H3NO.2C3H3NS.3C2H3N3.4C2H2N2O.4C2H2N2S.2CH2N4/c3*1-2-4-5-3-1;1-2-5-3-4-1;1-2-4-5-3-1;1-2-5-3-4-1;1-2-4-5-3-1;1-2-5-3-4-1;1-2-4-5-3-1;2*1-3-2-5-4-1;1-2-4-5-3-1;1-3-4-2-5-1;1-3-2-5-4-1;1-2-5-4-3-1;1-2-4-5-3-1;1-3-4-2-5-1;1-3-2-5-4-1;1-2-5-4-3-1;3*1-2-4-5-3-1/h1-5H;2*1-4H;2*1-3H,(H,4,5);4*1-3H;3*1-2H,(H,3,4,5);8*1-2H;2*1H,(H,2,3,4,5). The number of imidazole rings is 1. The number of hydrogen-bond acceptors (Lipinski definition) is 48. The van der Waals surface area contributed by atoms with E-state index < -0.39 is 0 Å². The number of thiazole rings is 1. The van der Waals surface area contributed by atoms with Crippen LogP contribution in [0.15, 0.2) is 360 Å². The molecule has 0 atom stereocenters. The molecule has 0 spiro atoms. The van der Waals surface area contributed by atoms with Crippen molar-refractivity contribution >= 4 is 80.3 Å². The van der Waals surface area contributed by atoms with Crippen molar-refractivity contribution in [2.75, 3.05) is 0 Å². The van der Waals surface area contributed by atoms with Gasteiger partial charge >= 0.3 is 0 Å². The monoisotopic (exact) mass is 1630 g/mol. The van der Waals surface area contributed by atoms with Crippen molar-refractivity contribution in [2.24, 2.45) is 0 Å². The Balaban J connectivity index is 0.000000576. The van der Waals surface area contributed by atoms with Crippen LogP contribution in [0.3, 0.4) is 0 Å². The van der Waals surface area contributed by atoms with Gasteiger partial charge in [-0.05, 0) is 87.8 Å². The lowest BCUT2D eigenvalue weighted by Gasteiger charge is -1.50. The number of furan rings is 1. The van der Waals surface area contributed by atoms with Crippen LogP contribution in [0.1, 0.15) is 0 Å². The van der Waals surface area contributed by atoms with Crippen LogP contribution in [0.4, 0.5) is 0 Å². The average Bonchev–Trinajstić information content (AvgIpc) is 4.64. The fourth-order valence-corrected chi connectivity index (χ4v) is 5.96. The summed E-state index contributed by atoms with van der Waals surface area (Å²) in [7, 11) is 0. The van der Waals surface area contributed by atoms with Gasteiger partial charge in [-0.3, -0.25) is 20.3 Å². The van der Waals surface area contributed by atoms with Gasteiger partial charge in [0.25, 0.3) is 0 Å². The Morgan fingerprint density at radius 1 is 0.282 bits per heavy atom. The third-order valence-corrected chi connectivity index (χ3v) is 10.7. The Morgan fingerprint density at radius 2 is 1.05 bits per heavy atom. The normalized spacial score (nSPS) is 8.00. The van der Waals surface area contributed by atoms with E-state index in [9.17, 15) is 0 Å². The molecule has 0 bridgehead atoms. The van der Waals surface area contributed by atoms with Crippen LogP contribution in [-0.4, -0.2) is 211 Å². The first kappa shape index (κ1) is 92.7. The Bertz CT molecular complexity index is 2700. The van der Waals surface area contributed by atoms with Gasteiger partial charge in [0.05, 0.1) is 98.1 Å². The minimum Gasteiger partial charge on any atom is -0.473 e. The van der Waals surface area contributed by atoms with Crippen molar-refractivity contribution in [1.29, 1.82) is 0 Å². The first-order valence-electron chi connectivity index (χ1n) is 28.5. The number of hydrogen-bond donors (Lipinski definition) is 8. The predicted octanol–water partition coefficient (Wildman–Crippen LogP) is 8.74. The van der Waals surface area contributed by atoms with Gasteiger partial charge < -0.3 is 36.8 Å². The van der Waals surface area contributed by atoms with E-state index in [4.69, 9.17) is 0 Å². The molecule has 22 aromatic rings. The fourth-order valence-electron chi connectivity index (χ4n) is 3.71. The van der Waals surface area contributed by atoms with Gasteiger partial charge in [0, 0.05) is 71.0 Å². The largest absolute Gasteiger partial charge is 0.473 e. The summed E-state index contributed by atoms with van der Waals surface area (Å²) in [6, 6.07) is 17.1. The minimum absolute atomic E-state index is 1.21. The molecular formula is C54H62N42O7S7. The van der Waals surface area contributed by atoms with Gasteiger partial charge in [-0.15, -0.1) is 73.7 Å². The third-order valence-electron chi connectivity index (χ3n) is 7.34. The van der Waals surface area contributed by atoms with Gasteiger partial charge in [0.1, 0.15) is 67.0 Å². The van der Waals surface area contributed by atoms with Crippen LogP contribution in [0, 0.1) is 0 Å². The first-order chi connectivity index (χ1) is 55.0. The number of rotatable bonds is 0. The van der Waals surface area contributed by atoms with E-state index in [1.54, 1.807) is 150 Å². The number of oxazole rings is 1. The molecule has 0 radical (unpaired) electrons. The molecule has 0 fully saturated rings. The van der Waals surface area contributed by atoms with Crippen LogP contribution in [-0.2, 0) is 0 Å². The average molecular weight is 1640 g/mol. The molecule has 56 heteroatoms. The molecule has 0 aliphatic carbocycles. The molecule has 0 aromatic carbocycles. The maximum atomic E-state index is 4.58. The highest BCUT2D eigenvalue weighted by atomic mass is 32.1. The Hall–Kier alpha value is -15.3. The van der Waals surface area contributed by atoms with Crippen LogP contribution in [0.25, 0.3) is 0 Å². The molecule has 22 rings (SSSR count). The van der Waals surface area contributed by atoms with Gasteiger partial charge in [0.2, 0.25) is 19.2 Å². The zero-order chi connectivity index (χ0) is 77.8. The molecule has 0 amide bonds. The number of nitrogens with zero attached hydrogens (tertiary/aromatic N) is 34. The van der Waals surface area contributed by atoms with Crippen LogP contribution in [0.5, 0.6) is 0 Å². The topological polar surface area (TPSA) is 657 Å². The van der Waals surface area contributed by atoms with E-state index >= 15 is 0 Å². The number of nitrogens with one attached hydrogen (secondary N) is 8. The summed E-state index contributed by atoms with van der Waals surface area (Å²) in [6.07, 6.45) is 55.8. The highest BCUT2D eigenvalue weighted by Gasteiger charge is 1.69. The van der Waals surface area contributed by atoms with Crippen molar-refractivity contribution in [3.8, 4) is 0 Å². The highest BCUT2D eigenvalue weighted by Crippen LogP contribution is 1.92. The van der Waals surface area contributed by atoms with E-state index in [1.165, 1.54) is 171 Å². The predicted molar refractivity (Wildman–Crippen MR) is 393 cm³/mol. The van der Waals surface area contributed by atoms with Crippen molar-refractivity contribution in [2.45, 2.75) is 0 Å². The number of tetrazole rings is 2. The lowest BCUT2D eigenvalue weighted by Crippen LogP contribution is -1.64. The van der Waals surface area contributed by atoms with Gasteiger partial charge in [-0.2, -0.15) is 65.6 Å². The molecule has 0 saturated carbocycles. The van der Waals surface area contributed by atoms with Crippen LogP contribution in [0.2, 0.25) is 0 Å². The van der Waals surface area contributed by atoms with E-state index in [0.717, 1.165) is 0 Å². The maximum Gasteiger partial charge on any atom is 0.213 e. The Morgan fingerprint density at radius 3 is 1.23 bits per heavy atom. The Labute approximate surface area is 647 Å². The molecule has 110 heavy (non-hydrogen) atoms. The number of H-pyrrole nitrogens is 8. The van der Waals surface area contributed by atoms with Gasteiger partial charge in [0.15, 0.2) is 25.4 Å². The Kier molecular flexibility index (Phi) is 75.7. The quantitative estimate of drug-likeness (QED) is 0.0703. The summed E-state index contributed by atoms with van der Waals surface area (Å²) in [5, 5.41) is 98.2. The fraction of sp³-hybridized carbons (Fsp3) is 0. The third kappa shape index (κ3) is 86.9. The molecule has 22 aromatic heterocycles. The van der Waals surface area contributed by atoms with Crippen LogP contribution >= 0.6 is 80.3 Å². The molecular weight excluding hydrogens is 1570 g/mol. The molecule has 572 valence electrons. The minimum atomic E-state index is 1.21. The SMILES string of the molecule is c1c[nH]cn1.c1cc[nH]c1.c1ccoc1.c1ccsc1.c1cn[nH]c1.c1cn[nH]n1.c1cnoc1.c1cnon1.c1cnsc1.c1cnsn1.c1cocn1.c1conn1.c1cscn1.c1csnn1.c1nc[nH]n1.c1nc[nH]n1.c1ncon1.c1ncsn1.c1nn[nH]n1.c1nn[nH]n1.c1nnco1.c1nncs1. The van der Waals surface area contributed by atoms with Gasteiger partial charge in [-0.1, -0.05) is 47.7 Å². The molecule has 8 N–H and O–H groups in total. The van der Waals surface area contributed by atoms with Crippen molar-refractivity contribution in [3.05, 3.63) is 329 Å². The maximum absolute atomic E-state index is 4.58. The second-order valence-electron chi connectivity index (χ2n) is 14.5. The first-order valence-corrected chi connectivity index (χ1v) is 34.6. The summed E-state index contributed by atoms with van der Waals surface area (Å²) in [5.41, 5.74) is 6.83. The van der Waals surface area contributed by atoms with Crippen molar-refractivity contribution < 1.29 is 31.4 Å². The second kappa shape index (κ2) is 89.8. The van der Waals surface area contributed by atoms with Crippen molar-refractivity contribution in [1.82, 2.24) is 211 Å². The summed E-state index contributed by atoms with van der Waals surface area (Å²) in [5.74, 6) is 0. The molecule has 22 heterocycles. The number of aromatic nitrogens is 42. The molecule has 0 aliphatic rings. The van der Waals surface area contributed by atoms with E-state index in [2.05, 4.69) is 242 Å². The molecule has 0 saturated heterocycles. The van der Waals surface area contributed by atoms with Crippen molar-refractivity contribution in [3.63, 3.8) is 0 Å². The second-order valence-corrected chi connectivity index (χ2v) is 19.3. The summed E-state index contributed by atoms with van der Waals surface area (Å²) < 4.78 is 48.5. The van der Waals surface area contributed by atoms with E-state index in [-0.39, 0.29) is 0 Å². The smallest absolute Gasteiger partial charge is 0.213 e. The highest BCUT2D eigenvalue weighted by molar-refractivity contribution is 7.08. The molecule has 0 aliphatic heterocycles. The molecule has 49 nitrogen and oxygen atoms in total.